The van der Waals surface area contributed by atoms with Crippen molar-refractivity contribution in [1.82, 2.24) is 4.57 Å². The number of nitrogen functional groups attached to an aromatic ring is 1. The molecule has 0 aliphatic carbocycles. The number of hydrogen-bond acceptors (Lipinski definition) is 4. The predicted octanol–water partition coefficient (Wildman–Crippen LogP) is 4.85. The number of para-hydroxylation sites is 1. The van der Waals surface area contributed by atoms with Gasteiger partial charge in [-0.15, -0.1) is 4.40 Å². The van der Waals surface area contributed by atoms with Crippen molar-refractivity contribution in [1.29, 1.82) is 5.26 Å². The number of benzene rings is 3. The molecule has 1 heterocycles. The second-order valence-corrected chi connectivity index (χ2v) is 9.34. The van der Waals surface area contributed by atoms with Gasteiger partial charge in [0.1, 0.15) is 11.9 Å². The molecule has 0 saturated heterocycles. The van der Waals surface area contributed by atoms with E-state index in [9.17, 15) is 13.7 Å². The molecule has 0 unspecified atom stereocenters. The van der Waals surface area contributed by atoms with Gasteiger partial charge in [0.15, 0.2) is 5.49 Å². The lowest BCUT2D eigenvalue weighted by Gasteiger charge is -2.17. The van der Waals surface area contributed by atoms with E-state index < -0.39 is 10.0 Å². The highest BCUT2D eigenvalue weighted by Crippen LogP contribution is 2.27. The minimum Gasteiger partial charge on any atom is -0.384 e. The van der Waals surface area contributed by atoms with Crippen LogP contribution in [0.5, 0.6) is 0 Å². The molecule has 0 fully saturated rings. The monoisotopic (exact) mass is 474 g/mol. The van der Waals surface area contributed by atoms with Crippen molar-refractivity contribution < 1.29 is 8.42 Å². The summed E-state index contributed by atoms with van der Waals surface area (Å²) in [5.41, 5.74) is 8.99. The molecule has 2 N–H and O–H groups in total. The number of hydrogen-bond donors (Lipinski definition) is 1. The van der Waals surface area contributed by atoms with Gasteiger partial charge < -0.3 is 5.73 Å². The van der Waals surface area contributed by atoms with Crippen LogP contribution in [0.25, 0.3) is 16.8 Å². The van der Waals surface area contributed by atoms with Crippen molar-refractivity contribution in [3.8, 4) is 22.9 Å². The third-order valence-corrected chi connectivity index (χ3v) is 6.68. The van der Waals surface area contributed by atoms with Gasteiger partial charge in [-0.25, -0.2) is 0 Å². The van der Waals surface area contributed by atoms with Crippen molar-refractivity contribution in [2.24, 2.45) is 4.40 Å². The predicted molar refractivity (Wildman–Crippen MR) is 129 cm³/mol. The molecule has 3 aromatic carbocycles. The second-order valence-electron chi connectivity index (χ2n) is 7.32. The number of nitriles is 1. The molecule has 6 nitrogen and oxygen atoms in total. The van der Waals surface area contributed by atoms with Gasteiger partial charge in [0.25, 0.3) is 10.0 Å². The molecule has 0 bridgehead atoms. The molecule has 0 radical (unpaired) electrons. The summed E-state index contributed by atoms with van der Waals surface area (Å²) >= 11 is 6.45. The number of halogens is 1. The molecule has 33 heavy (non-hydrogen) atoms. The van der Waals surface area contributed by atoms with Crippen LogP contribution in [0.3, 0.4) is 0 Å². The molecule has 4 aromatic rings. The zero-order valence-electron chi connectivity index (χ0n) is 17.6. The van der Waals surface area contributed by atoms with E-state index >= 15 is 0 Å². The van der Waals surface area contributed by atoms with Crippen LogP contribution in [0.4, 0.5) is 5.82 Å². The van der Waals surface area contributed by atoms with E-state index in [1.807, 2.05) is 25.1 Å². The summed E-state index contributed by atoms with van der Waals surface area (Å²) in [6, 6.07) is 26.0. The van der Waals surface area contributed by atoms with Crippen LogP contribution in [-0.4, -0.2) is 13.0 Å². The Labute approximate surface area is 196 Å². The third kappa shape index (κ3) is 4.40. The van der Waals surface area contributed by atoms with Crippen molar-refractivity contribution in [2.45, 2.75) is 11.8 Å². The van der Waals surface area contributed by atoms with Gasteiger partial charge in [-0.3, -0.25) is 4.57 Å². The first-order valence-electron chi connectivity index (χ1n) is 9.95. The van der Waals surface area contributed by atoms with Crippen molar-refractivity contribution in [2.75, 3.05) is 5.73 Å². The Morgan fingerprint density at radius 1 is 0.970 bits per heavy atom. The smallest absolute Gasteiger partial charge is 0.284 e. The van der Waals surface area contributed by atoms with E-state index in [0.29, 0.717) is 21.8 Å². The van der Waals surface area contributed by atoms with Gasteiger partial charge in [-0.2, -0.15) is 13.7 Å². The molecule has 164 valence electrons. The zero-order chi connectivity index (χ0) is 23.6. The van der Waals surface area contributed by atoms with Gasteiger partial charge >= 0.3 is 0 Å². The highest BCUT2D eigenvalue weighted by Gasteiger charge is 2.19. The average molecular weight is 475 g/mol. The number of anilines is 1. The van der Waals surface area contributed by atoms with Gasteiger partial charge in [-0.05, 0) is 42.8 Å². The maximum absolute atomic E-state index is 13.3. The average Bonchev–Trinajstić information content (AvgIpc) is 2.81. The molecule has 0 aliphatic rings. The third-order valence-electron chi connectivity index (χ3n) is 5.08. The summed E-state index contributed by atoms with van der Waals surface area (Å²) in [5, 5.41) is 10.1. The van der Waals surface area contributed by atoms with Crippen LogP contribution < -0.4 is 11.2 Å². The molecule has 0 spiro atoms. The second kappa shape index (κ2) is 8.94. The quantitative estimate of drug-likeness (QED) is 0.456. The fraction of sp³-hybridized carbons (Fsp3) is 0.0400. The zero-order valence-corrected chi connectivity index (χ0v) is 19.2. The van der Waals surface area contributed by atoms with E-state index in [0.717, 1.165) is 5.56 Å². The molecule has 8 heteroatoms. The number of nitrogens with two attached hydrogens (primary N) is 1. The lowest BCUT2D eigenvalue weighted by atomic mass is 10.0. The summed E-state index contributed by atoms with van der Waals surface area (Å²) in [4.78, 5) is 0.0424. The lowest BCUT2D eigenvalue weighted by molar-refractivity contribution is 0.596. The number of aryl methyl sites for hydroxylation is 1. The van der Waals surface area contributed by atoms with Crippen LogP contribution in [-0.2, 0) is 10.0 Å². The van der Waals surface area contributed by atoms with Gasteiger partial charge in [0.05, 0.1) is 21.2 Å². The standard InChI is InChI=1S/C25H19ClN4O2S/c1-17-11-13-20(14-12-17)33(31,32)29-25-21(18-7-3-2-4-8-18)15-19(16-27)24(28)30(25)23-10-6-5-9-22(23)26/h2-15H,28H2,1H3/b29-25+. The minimum absolute atomic E-state index is 0.0307. The van der Waals surface area contributed by atoms with Crippen LogP contribution in [0.2, 0.25) is 5.02 Å². The fourth-order valence-electron chi connectivity index (χ4n) is 3.40. The normalized spacial score (nSPS) is 11.8. The molecular formula is C25H19ClN4O2S. The summed E-state index contributed by atoms with van der Waals surface area (Å²) in [6.07, 6.45) is 0. The van der Waals surface area contributed by atoms with Crippen LogP contribution >= 0.6 is 11.6 Å². The largest absolute Gasteiger partial charge is 0.384 e. The SMILES string of the molecule is Cc1ccc(S(=O)(=O)/N=c2\c(-c3ccccc3)cc(C#N)c(N)n2-c2ccccc2Cl)cc1. The summed E-state index contributed by atoms with van der Waals surface area (Å²) in [6.45, 7) is 1.87. The fourth-order valence-corrected chi connectivity index (χ4v) is 4.61. The number of pyridine rings is 1. The number of aromatic nitrogens is 1. The Morgan fingerprint density at radius 2 is 1.61 bits per heavy atom. The number of nitrogens with zero attached hydrogens (tertiary/aromatic N) is 3. The number of rotatable bonds is 4. The van der Waals surface area contributed by atoms with E-state index in [4.69, 9.17) is 17.3 Å². The van der Waals surface area contributed by atoms with Gasteiger partial charge in [0, 0.05) is 5.56 Å². The highest BCUT2D eigenvalue weighted by atomic mass is 35.5. The first kappa shape index (κ1) is 22.3. The summed E-state index contributed by atoms with van der Waals surface area (Å²) in [7, 11) is -4.12. The van der Waals surface area contributed by atoms with Crippen LogP contribution in [0, 0.1) is 18.3 Å². The Bertz CT molecular complexity index is 1550. The Hall–Kier alpha value is -3.86. The molecule has 0 atom stereocenters. The van der Waals surface area contributed by atoms with E-state index in [2.05, 4.69) is 10.5 Å². The number of sulfonamides is 1. The summed E-state index contributed by atoms with van der Waals surface area (Å²) in [5.74, 6) is 0.0307. The molecule has 1 aromatic heterocycles. The molecule has 0 amide bonds. The molecule has 0 aliphatic heterocycles. The molecule has 0 saturated carbocycles. The van der Waals surface area contributed by atoms with Crippen molar-refractivity contribution in [3.05, 3.63) is 107 Å². The maximum atomic E-state index is 13.3. The van der Waals surface area contributed by atoms with Crippen molar-refractivity contribution in [3.63, 3.8) is 0 Å². The minimum atomic E-state index is -4.12. The first-order chi connectivity index (χ1) is 15.8. The first-order valence-corrected chi connectivity index (χ1v) is 11.8. The van der Waals surface area contributed by atoms with E-state index in [1.165, 1.54) is 16.7 Å². The topological polar surface area (TPSA) is 101 Å². The van der Waals surface area contributed by atoms with Gasteiger partial charge in [0.2, 0.25) is 0 Å². The Kier molecular flexibility index (Phi) is 6.05. The summed E-state index contributed by atoms with van der Waals surface area (Å²) < 4.78 is 32.2. The maximum Gasteiger partial charge on any atom is 0.284 e. The van der Waals surface area contributed by atoms with E-state index in [1.54, 1.807) is 54.6 Å². The van der Waals surface area contributed by atoms with Gasteiger partial charge in [-0.1, -0.05) is 71.8 Å². The Balaban J connectivity index is 2.18. The van der Waals surface area contributed by atoms with E-state index in [-0.39, 0.29) is 21.8 Å². The molecular weight excluding hydrogens is 456 g/mol. The highest BCUT2D eigenvalue weighted by molar-refractivity contribution is 7.90. The van der Waals surface area contributed by atoms with Crippen LogP contribution in [0.1, 0.15) is 11.1 Å². The lowest BCUT2D eigenvalue weighted by Crippen LogP contribution is -2.27. The van der Waals surface area contributed by atoms with Crippen molar-refractivity contribution >= 4 is 27.4 Å². The Morgan fingerprint density at radius 3 is 2.24 bits per heavy atom. The molecule has 4 rings (SSSR count). The van der Waals surface area contributed by atoms with Crippen LogP contribution in [0.15, 0.2) is 94.2 Å².